The van der Waals surface area contributed by atoms with E-state index in [2.05, 4.69) is 16.9 Å². The average molecular weight is 327 g/mol. The summed E-state index contributed by atoms with van der Waals surface area (Å²) in [5.41, 5.74) is 7.59. The van der Waals surface area contributed by atoms with Crippen molar-refractivity contribution in [2.75, 3.05) is 5.73 Å². The van der Waals surface area contributed by atoms with Crippen LogP contribution in [0.5, 0.6) is 0 Å². The Balaban J connectivity index is 2.06. The molecule has 0 amide bonds. The van der Waals surface area contributed by atoms with Crippen molar-refractivity contribution in [3.8, 4) is 0 Å². The summed E-state index contributed by atoms with van der Waals surface area (Å²) in [4.78, 5) is 9.97. The van der Waals surface area contributed by atoms with Crippen molar-refractivity contribution < 1.29 is 0 Å². The van der Waals surface area contributed by atoms with Gasteiger partial charge in [0.05, 0.1) is 27.6 Å². The Morgan fingerprint density at radius 1 is 1.30 bits per heavy atom. The maximum Gasteiger partial charge on any atom is 0.201 e. The van der Waals surface area contributed by atoms with E-state index in [1.54, 1.807) is 23.5 Å². The second-order valence-corrected chi connectivity index (χ2v) is 6.40. The Morgan fingerprint density at radius 2 is 2.05 bits per heavy atom. The number of nitrogens with zero attached hydrogens (tertiary/aromatic N) is 3. The summed E-state index contributed by atoms with van der Waals surface area (Å²) in [6, 6.07) is 3.52. The van der Waals surface area contributed by atoms with Crippen molar-refractivity contribution >= 4 is 51.5 Å². The first kappa shape index (κ1) is 13.7. The van der Waals surface area contributed by atoms with Crippen LogP contribution in [0.3, 0.4) is 0 Å². The molecule has 0 fully saturated rings. The molecule has 0 aliphatic carbocycles. The topological polar surface area (TPSA) is 56.7 Å². The summed E-state index contributed by atoms with van der Waals surface area (Å²) in [6.45, 7) is 2.70. The van der Waals surface area contributed by atoms with Gasteiger partial charge in [-0.25, -0.2) is 9.97 Å². The van der Waals surface area contributed by atoms with Crippen molar-refractivity contribution in [1.29, 1.82) is 0 Å². The zero-order valence-corrected chi connectivity index (χ0v) is 13.1. The molecule has 2 aromatic heterocycles. The van der Waals surface area contributed by atoms with Gasteiger partial charge in [-0.05, 0) is 18.6 Å². The molecule has 0 saturated carbocycles. The number of fused-ring (bicyclic) bond motifs is 1. The number of halogens is 2. The van der Waals surface area contributed by atoms with Gasteiger partial charge in [0.2, 0.25) is 5.95 Å². The molecule has 0 unspecified atom stereocenters. The SMILES string of the molecule is CCc1cnc(Cn2c(N)nc3cc(Cl)c(Cl)cc32)s1. The van der Waals surface area contributed by atoms with Gasteiger partial charge in [0.1, 0.15) is 5.01 Å². The number of hydrogen-bond acceptors (Lipinski definition) is 4. The molecule has 0 aliphatic heterocycles. The highest BCUT2D eigenvalue weighted by Gasteiger charge is 2.12. The first-order valence-electron chi connectivity index (χ1n) is 6.12. The van der Waals surface area contributed by atoms with E-state index in [4.69, 9.17) is 28.9 Å². The van der Waals surface area contributed by atoms with Crippen LogP contribution in [0.2, 0.25) is 10.0 Å². The molecule has 0 spiro atoms. The molecule has 0 atom stereocenters. The average Bonchev–Trinajstić information content (AvgIpc) is 2.98. The maximum atomic E-state index is 6.07. The Bertz CT molecular complexity index is 778. The molecule has 20 heavy (non-hydrogen) atoms. The zero-order valence-electron chi connectivity index (χ0n) is 10.7. The molecule has 0 radical (unpaired) electrons. The van der Waals surface area contributed by atoms with E-state index >= 15 is 0 Å². The van der Waals surface area contributed by atoms with Crippen LogP contribution in [-0.4, -0.2) is 14.5 Å². The van der Waals surface area contributed by atoms with E-state index in [1.165, 1.54) is 4.88 Å². The molecule has 3 aromatic rings. The molecule has 0 aliphatic rings. The predicted molar refractivity (Wildman–Crippen MR) is 84.8 cm³/mol. The number of nitrogen functional groups attached to an aromatic ring is 1. The lowest BCUT2D eigenvalue weighted by molar-refractivity contribution is 0.829. The number of thiazole rings is 1. The van der Waals surface area contributed by atoms with Crippen molar-refractivity contribution in [2.45, 2.75) is 19.9 Å². The number of anilines is 1. The summed E-state index contributed by atoms with van der Waals surface area (Å²) < 4.78 is 1.90. The van der Waals surface area contributed by atoms with Crippen molar-refractivity contribution in [1.82, 2.24) is 14.5 Å². The van der Waals surface area contributed by atoms with Crippen LogP contribution in [0, 0.1) is 0 Å². The highest BCUT2D eigenvalue weighted by atomic mass is 35.5. The predicted octanol–water partition coefficient (Wildman–Crippen LogP) is 3.99. The van der Waals surface area contributed by atoms with Crippen LogP contribution >= 0.6 is 34.5 Å². The van der Waals surface area contributed by atoms with Gasteiger partial charge in [-0.15, -0.1) is 11.3 Å². The van der Waals surface area contributed by atoms with Crippen LogP contribution < -0.4 is 5.73 Å². The number of nitrogens with two attached hydrogens (primary N) is 1. The Labute approximate surface area is 130 Å². The van der Waals surface area contributed by atoms with Gasteiger partial charge in [-0.3, -0.25) is 0 Å². The Morgan fingerprint density at radius 3 is 2.75 bits per heavy atom. The van der Waals surface area contributed by atoms with Crippen LogP contribution in [0.4, 0.5) is 5.95 Å². The van der Waals surface area contributed by atoms with E-state index in [1.807, 2.05) is 10.8 Å². The highest BCUT2D eigenvalue weighted by molar-refractivity contribution is 7.11. The van der Waals surface area contributed by atoms with Gasteiger partial charge in [0.15, 0.2) is 0 Å². The molecular formula is C13H12Cl2N4S. The number of hydrogen-bond donors (Lipinski definition) is 1. The smallest absolute Gasteiger partial charge is 0.201 e. The lowest BCUT2D eigenvalue weighted by Crippen LogP contribution is -2.04. The van der Waals surface area contributed by atoms with E-state index in [9.17, 15) is 0 Å². The summed E-state index contributed by atoms with van der Waals surface area (Å²) >= 11 is 13.8. The Kier molecular flexibility index (Phi) is 3.58. The quantitative estimate of drug-likeness (QED) is 0.791. The van der Waals surface area contributed by atoms with Crippen LogP contribution in [0.15, 0.2) is 18.3 Å². The molecule has 2 N–H and O–H groups in total. The molecule has 2 heterocycles. The van der Waals surface area contributed by atoms with Crippen molar-refractivity contribution in [3.05, 3.63) is 38.3 Å². The summed E-state index contributed by atoms with van der Waals surface area (Å²) in [5.74, 6) is 0.437. The zero-order chi connectivity index (χ0) is 14.3. The first-order chi connectivity index (χ1) is 9.58. The Hall–Kier alpha value is -1.30. The minimum atomic E-state index is 0.437. The fourth-order valence-corrected chi connectivity index (χ4v) is 3.19. The fraction of sp³-hybridized carbons (Fsp3) is 0.231. The molecule has 0 saturated heterocycles. The van der Waals surface area contributed by atoms with Gasteiger partial charge in [-0.1, -0.05) is 30.1 Å². The fourth-order valence-electron chi connectivity index (χ4n) is 2.02. The van der Waals surface area contributed by atoms with Gasteiger partial charge >= 0.3 is 0 Å². The lowest BCUT2D eigenvalue weighted by Gasteiger charge is -2.04. The second-order valence-electron chi connectivity index (χ2n) is 4.39. The summed E-state index contributed by atoms with van der Waals surface area (Å²) in [5, 5.41) is 1.97. The normalized spacial score (nSPS) is 11.3. The minimum Gasteiger partial charge on any atom is -0.369 e. The standard InChI is InChI=1S/C13H12Cl2N4S/c1-2-7-5-17-12(20-7)6-19-11-4-9(15)8(14)3-10(11)18-13(19)16/h3-5H,2,6H2,1H3,(H2,16,18). The number of benzene rings is 1. The number of imidazole rings is 1. The minimum absolute atomic E-state index is 0.437. The van der Waals surface area contributed by atoms with Crippen molar-refractivity contribution in [2.24, 2.45) is 0 Å². The molecule has 1 aromatic carbocycles. The van der Waals surface area contributed by atoms with Crippen LogP contribution in [-0.2, 0) is 13.0 Å². The van der Waals surface area contributed by atoms with Crippen LogP contribution in [0.25, 0.3) is 11.0 Å². The van der Waals surface area contributed by atoms with E-state index < -0.39 is 0 Å². The number of aryl methyl sites for hydroxylation is 1. The molecule has 7 heteroatoms. The van der Waals surface area contributed by atoms with Gasteiger partial charge in [0.25, 0.3) is 0 Å². The lowest BCUT2D eigenvalue weighted by atomic mass is 10.3. The molecule has 4 nitrogen and oxygen atoms in total. The van der Waals surface area contributed by atoms with Gasteiger partial charge in [-0.2, -0.15) is 0 Å². The second kappa shape index (κ2) is 5.24. The summed E-state index contributed by atoms with van der Waals surface area (Å²) in [7, 11) is 0. The maximum absolute atomic E-state index is 6.07. The monoisotopic (exact) mass is 326 g/mol. The third-order valence-electron chi connectivity index (χ3n) is 3.06. The van der Waals surface area contributed by atoms with E-state index in [0.717, 1.165) is 22.5 Å². The molecule has 104 valence electrons. The van der Waals surface area contributed by atoms with Crippen LogP contribution in [0.1, 0.15) is 16.8 Å². The van der Waals surface area contributed by atoms with Gasteiger partial charge < -0.3 is 10.3 Å². The number of rotatable bonds is 3. The summed E-state index contributed by atoms with van der Waals surface area (Å²) in [6.07, 6.45) is 2.89. The largest absolute Gasteiger partial charge is 0.369 e. The molecular weight excluding hydrogens is 315 g/mol. The van der Waals surface area contributed by atoms with E-state index in [0.29, 0.717) is 22.5 Å². The third-order valence-corrected chi connectivity index (χ3v) is 4.91. The first-order valence-corrected chi connectivity index (χ1v) is 7.70. The molecule has 3 rings (SSSR count). The number of aromatic nitrogens is 3. The molecule has 0 bridgehead atoms. The highest BCUT2D eigenvalue weighted by Crippen LogP contribution is 2.29. The van der Waals surface area contributed by atoms with Gasteiger partial charge in [0, 0.05) is 11.1 Å². The van der Waals surface area contributed by atoms with Crippen molar-refractivity contribution in [3.63, 3.8) is 0 Å². The van der Waals surface area contributed by atoms with E-state index in [-0.39, 0.29) is 0 Å². The third kappa shape index (κ3) is 2.37.